The smallest absolute Gasteiger partial charge is 0.107 e. The first-order valence-electron chi connectivity index (χ1n) is 5.79. The van der Waals surface area contributed by atoms with Crippen LogP contribution in [-0.4, -0.2) is 22.2 Å². The van der Waals surface area contributed by atoms with Gasteiger partial charge in [0, 0.05) is 24.2 Å². The van der Waals surface area contributed by atoms with Gasteiger partial charge in [-0.15, -0.1) is 11.3 Å². The maximum absolute atomic E-state index is 10.2. The van der Waals surface area contributed by atoms with Gasteiger partial charge in [0.1, 0.15) is 5.01 Å². The van der Waals surface area contributed by atoms with E-state index >= 15 is 0 Å². The van der Waals surface area contributed by atoms with Crippen molar-refractivity contribution in [2.24, 2.45) is 5.92 Å². The van der Waals surface area contributed by atoms with Crippen molar-refractivity contribution < 1.29 is 5.11 Å². The van der Waals surface area contributed by atoms with E-state index in [9.17, 15) is 5.11 Å². The maximum atomic E-state index is 10.2. The van der Waals surface area contributed by atoms with Crippen LogP contribution in [0.25, 0.3) is 0 Å². The molecule has 0 radical (unpaired) electrons. The Bertz CT molecular complexity index is 323. The fourth-order valence-electron chi connectivity index (χ4n) is 1.52. The molecule has 2 atom stereocenters. The quantitative estimate of drug-likeness (QED) is 0.805. The average Bonchev–Trinajstić information content (AvgIpc) is 2.62. The molecule has 0 aliphatic heterocycles. The van der Waals surface area contributed by atoms with Gasteiger partial charge in [-0.25, -0.2) is 4.98 Å². The molecule has 1 heterocycles. The summed E-state index contributed by atoms with van der Waals surface area (Å²) in [5, 5.41) is 16.6. The number of aliphatic hydroxyl groups is 1. The second kappa shape index (κ2) is 5.75. The Morgan fingerprint density at radius 3 is 2.81 bits per heavy atom. The lowest BCUT2D eigenvalue weighted by molar-refractivity contribution is 0.00534. The minimum Gasteiger partial charge on any atom is -0.389 e. The molecule has 3 nitrogen and oxygen atoms in total. The first-order valence-corrected chi connectivity index (χ1v) is 6.67. The molecule has 0 aliphatic carbocycles. The lowest BCUT2D eigenvalue weighted by Gasteiger charge is -2.29. The molecule has 16 heavy (non-hydrogen) atoms. The van der Waals surface area contributed by atoms with Gasteiger partial charge in [-0.05, 0) is 19.8 Å². The molecule has 1 rings (SSSR count). The fraction of sp³-hybridized carbons (Fsp3) is 0.750. The van der Waals surface area contributed by atoms with Crippen molar-refractivity contribution in [2.45, 2.75) is 46.3 Å². The Morgan fingerprint density at radius 1 is 1.62 bits per heavy atom. The second-order valence-corrected chi connectivity index (χ2v) is 5.60. The summed E-state index contributed by atoms with van der Waals surface area (Å²) >= 11 is 1.66. The Morgan fingerprint density at radius 2 is 2.31 bits per heavy atom. The van der Waals surface area contributed by atoms with Crippen LogP contribution in [0.4, 0.5) is 0 Å². The number of nitrogens with one attached hydrogen (secondary N) is 1. The zero-order chi connectivity index (χ0) is 12.2. The molecular formula is C12H22N2OS. The van der Waals surface area contributed by atoms with Crippen molar-refractivity contribution in [1.82, 2.24) is 10.3 Å². The average molecular weight is 242 g/mol. The highest BCUT2D eigenvalue weighted by Gasteiger charge is 2.26. The Labute approximate surface area is 102 Å². The van der Waals surface area contributed by atoms with Gasteiger partial charge in [-0.3, -0.25) is 0 Å². The summed E-state index contributed by atoms with van der Waals surface area (Å²) in [6.07, 6.45) is 0.991. The first kappa shape index (κ1) is 13.6. The fourth-order valence-corrected chi connectivity index (χ4v) is 2.26. The zero-order valence-electron chi connectivity index (χ0n) is 10.6. The predicted octanol–water partition coefficient (Wildman–Crippen LogP) is 2.34. The topological polar surface area (TPSA) is 45.1 Å². The molecule has 1 aromatic rings. The molecule has 1 aromatic heterocycles. The van der Waals surface area contributed by atoms with Crippen molar-refractivity contribution in [3.63, 3.8) is 0 Å². The molecule has 0 amide bonds. The molecule has 0 saturated heterocycles. The molecule has 0 spiro atoms. The van der Waals surface area contributed by atoms with E-state index in [-0.39, 0.29) is 0 Å². The highest BCUT2D eigenvalue weighted by molar-refractivity contribution is 7.09. The molecule has 0 aliphatic rings. The van der Waals surface area contributed by atoms with Gasteiger partial charge in [0.2, 0.25) is 0 Å². The van der Waals surface area contributed by atoms with Crippen LogP contribution in [0, 0.1) is 12.8 Å². The number of hydrogen-bond donors (Lipinski definition) is 2. The van der Waals surface area contributed by atoms with E-state index in [1.165, 1.54) is 0 Å². The van der Waals surface area contributed by atoms with Gasteiger partial charge >= 0.3 is 0 Å². The standard InChI is InChI=1S/C12H22N2OS/c1-5-9(2)12(4,15)8-13-6-11-14-10(3)7-16-11/h7,9,13,15H,5-6,8H2,1-4H3. The third kappa shape index (κ3) is 3.85. The minimum atomic E-state index is -0.638. The third-order valence-corrected chi connectivity index (χ3v) is 4.07. The maximum Gasteiger partial charge on any atom is 0.107 e. The van der Waals surface area contributed by atoms with Crippen molar-refractivity contribution >= 4 is 11.3 Å². The van der Waals surface area contributed by atoms with Crippen LogP contribution in [0.2, 0.25) is 0 Å². The largest absolute Gasteiger partial charge is 0.389 e. The summed E-state index contributed by atoms with van der Waals surface area (Å²) < 4.78 is 0. The van der Waals surface area contributed by atoms with Crippen molar-refractivity contribution in [1.29, 1.82) is 0 Å². The van der Waals surface area contributed by atoms with Gasteiger partial charge in [-0.2, -0.15) is 0 Å². The third-order valence-electron chi connectivity index (χ3n) is 3.10. The lowest BCUT2D eigenvalue weighted by Crippen LogP contribution is -2.42. The van der Waals surface area contributed by atoms with Crippen LogP contribution in [0.15, 0.2) is 5.38 Å². The minimum absolute atomic E-state index is 0.304. The summed E-state index contributed by atoms with van der Waals surface area (Å²) in [6.45, 7) is 9.42. The van der Waals surface area contributed by atoms with Gasteiger partial charge in [0.25, 0.3) is 0 Å². The van der Waals surface area contributed by atoms with Crippen LogP contribution >= 0.6 is 11.3 Å². The molecule has 0 bridgehead atoms. The van der Waals surface area contributed by atoms with Crippen LogP contribution in [0.1, 0.15) is 37.9 Å². The predicted molar refractivity (Wildman–Crippen MR) is 68.6 cm³/mol. The van der Waals surface area contributed by atoms with E-state index in [1.54, 1.807) is 11.3 Å². The van der Waals surface area contributed by atoms with E-state index < -0.39 is 5.60 Å². The molecule has 92 valence electrons. The molecule has 0 aromatic carbocycles. The monoisotopic (exact) mass is 242 g/mol. The Kier molecular flexibility index (Phi) is 4.89. The number of thiazole rings is 1. The van der Waals surface area contributed by atoms with E-state index in [4.69, 9.17) is 0 Å². The Hall–Kier alpha value is -0.450. The van der Waals surface area contributed by atoms with E-state index in [0.717, 1.165) is 23.7 Å². The van der Waals surface area contributed by atoms with E-state index in [1.807, 2.05) is 19.2 Å². The van der Waals surface area contributed by atoms with Crippen molar-refractivity contribution in [2.75, 3.05) is 6.54 Å². The number of hydrogen-bond acceptors (Lipinski definition) is 4. The zero-order valence-corrected chi connectivity index (χ0v) is 11.4. The SMILES string of the molecule is CCC(C)C(C)(O)CNCc1nc(C)cs1. The number of nitrogens with zero attached hydrogens (tertiary/aromatic N) is 1. The van der Waals surface area contributed by atoms with Crippen LogP contribution < -0.4 is 5.32 Å². The van der Waals surface area contributed by atoms with E-state index in [0.29, 0.717) is 12.5 Å². The highest BCUT2D eigenvalue weighted by Crippen LogP contribution is 2.19. The normalized spacial score (nSPS) is 17.1. The molecule has 2 unspecified atom stereocenters. The van der Waals surface area contributed by atoms with Gasteiger partial charge in [-0.1, -0.05) is 20.3 Å². The van der Waals surface area contributed by atoms with Gasteiger partial charge in [0.05, 0.1) is 5.60 Å². The van der Waals surface area contributed by atoms with Gasteiger partial charge in [0.15, 0.2) is 0 Å². The summed E-state index contributed by atoms with van der Waals surface area (Å²) in [7, 11) is 0. The summed E-state index contributed by atoms with van der Waals surface area (Å²) in [5.74, 6) is 0.304. The Balaban J connectivity index is 2.35. The number of aryl methyl sites for hydroxylation is 1. The van der Waals surface area contributed by atoms with Crippen LogP contribution in [-0.2, 0) is 6.54 Å². The van der Waals surface area contributed by atoms with Crippen LogP contribution in [0.5, 0.6) is 0 Å². The number of rotatable bonds is 6. The first-order chi connectivity index (χ1) is 7.45. The molecule has 2 N–H and O–H groups in total. The number of aromatic nitrogens is 1. The van der Waals surface area contributed by atoms with Crippen molar-refractivity contribution in [3.05, 3.63) is 16.1 Å². The van der Waals surface area contributed by atoms with Crippen molar-refractivity contribution in [3.8, 4) is 0 Å². The molecule has 0 saturated carbocycles. The molecule has 0 fully saturated rings. The molecular weight excluding hydrogens is 220 g/mol. The van der Waals surface area contributed by atoms with E-state index in [2.05, 4.69) is 24.1 Å². The molecule has 4 heteroatoms. The lowest BCUT2D eigenvalue weighted by atomic mass is 9.89. The second-order valence-electron chi connectivity index (χ2n) is 4.65. The summed E-state index contributed by atoms with van der Waals surface area (Å²) in [6, 6.07) is 0. The highest BCUT2D eigenvalue weighted by atomic mass is 32.1. The van der Waals surface area contributed by atoms with Crippen LogP contribution in [0.3, 0.4) is 0 Å². The summed E-state index contributed by atoms with van der Waals surface area (Å²) in [4.78, 5) is 4.37. The van der Waals surface area contributed by atoms with Gasteiger partial charge < -0.3 is 10.4 Å². The summed E-state index contributed by atoms with van der Waals surface area (Å²) in [5.41, 5.74) is 0.427.